The van der Waals surface area contributed by atoms with Crippen molar-refractivity contribution >= 4 is 5.78 Å². The fourth-order valence-corrected chi connectivity index (χ4v) is 4.41. The minimum Gasteiger partial charge on any atom is -0.396 e. The number of likely N-dealkylation sites (tertiary alicyclic amines) is 1. The summed E-state index contributed by atoms with van der Waals surface area (Å²) in [6.07, 6.45) is 3.05. The molecular weight excluding hydrogens is 365 g/mol. The largest absolute Gasteiger partial charge is 0.396 e. The SMILES string of the molecule is CC(C)c1ccc(C2(CCO)CCN(CCCC(=O)c3ccc(F)cc3)C2)cc1. The summed E-state index contributed by atoms with van der Waals surface area (Å²) >= 11 is 0. The van der Waals surface area contributed by atoms with Crippen LogP contribution in [0.25, 0.3) is 0 Å². The second-order valence-electron chi connectivity index (χ2n) is 8.59. The van der Waals surface area contributed by atoms with E-state index in [1.165, 1.54) is 23.3 Å². The number of benzene rings is 2. The Hall–Kier alpha value is -2.04. The van der Waals surface area contributed by atoms with Crippen LogP contribution in [-0.2, 0) is 5.41 Å². The predicted molar refractivity (Wildman–Crippen MR) is 115 cm³/mol. The van der Waals surface area contributed by atoms with E-state index in [2.05, 4.69) is 43.0 Å². The molecule has 4 heteroatoms. The van der Waals surface area contributed by atoms with Crippen LogP contribution in [0.4, 0.5) is 4.39 Å². The van der Waals surface area contributed by atoms with Crippen LogP contribution < -0.4 is 0 Å². The minimum atomic E-state index is -0.319. The van der Waals surface area contributed by atoms with Crippen molar-refractivity contribution < 1.29 is 14.3 Å². The van der Waals surface area contributed by atoms with Crippen LogP contribution in [0.15, 0.2) is 48.5 Å². The molecular formula is C25H32FNO2. The number of halogens is 1. The molecule has 0 spiro atoms. The van der Waals surface area contributed by atoms with E-state index in [9.17, 15) is 14.3 Å². The zero-order valence-electron chi connectivity index (χ0n) is 17.5. The summed E-state index contributed by atoms with van der Waals surface area (Å²) in [6, 6.07) is 14.7. The molecule has 2 aromatic rings. The van der Waals surface area contributed by atoms with E-state index in [1.807, 2.05) is 0 Å². The number of nitrogens with zero attached hydrogens (tertiary/aromatic N) is 1. The first kappa shape index (κ1) is 21.7. The highest BCUT2D eigenvalue weighted by Gasteiger charge is 2.38. The van der Waals surface area contributed by atoms with E-state index in [1.54, 1.807) is 12.1 Å². The first-order valence-corrected chi connectivity index (χ1v) is 10.7. The van der Waals surface area contributed by atoms with E-state index in [4.69, 9.17) is 0 Å². The lowest BCUT2D eigenvalue weighted by molar-refractivity contribution is 0.0975. The van der Waals surface area contributed by atoms with Gasteiger partial charge in [-0.05, 0) is 73.7 Å². The lowest BCUT2D eigenvalue weighted by Gasteiger charge is -2.30. The number of Topliss-reactive ketones (excluding diaryl/α,β-unsaturated/α-hetero) is 1. The van der Waals surface area contributed by atoms with Crippen molar-refractivity contribution in [1.29, 1.82) is 0 Å². The third-order valence-corrected chi connectivity index (χ3v) is 6.26. The number of aliphatic hydroxyl groups excluding tert-OH is 1. The number of carbonyl (C=O) groups is 1. The van der Waals surface area contributed by atoms with Crippen molar-refractivity contribution in [3.63, 3.8) is 0 Å². The minimum absolute atomic E-state index is 0.00871. The van der Waals surface area contributed by atoms with Gasteiger partial charge in [-0.25, -0.2) is 4.39 Å². The van der Waals surface area contributed by atoms with Gasteiger partial charge in [-0.3, -0.25) is 4.79 Å². The van der Waals surface area contributed by atoms with Gasteiger partial charge in [0.25, 0.3) is 0 Å². The van der Waals surface area contributed by atoms with Crippen molar-refractivity contribution in [3.05, 3.63) is 71.0 Å². The summed E-state index contributed by atoms with van der Waals surface area (Å²) in [7, 11) is 0. The number of ketones is 1. The number of carbonyl (C=O) groups excluding carboxylic acids is 1. The molecule has 0 radical (unpaired) electrons. The van der Waals surface area contributed by atoms with Crippen LogP contribution in [-0.4, -0.2) is 42.0 Å². The van der Waals surface area contributed by atoms with E-state index in [0.29, 0.717) is 17.9 Å². The molecule has 1 atom stereocenters. The summed E-state index contributed by atoms with van der Waals surface area (Å²) in [5.74, 6) is 0.256. The molecule has 0 bridgehead atoms. The lowest BCUT2D eigenvalue weighted by atomic mass is 9.76. The Balaban J connectivity index is 1.57. The Bertz CT molecular complexity index is 801. The van der Waals surface area contributed by atoms with Crippen LogP contribution in [0, 0.1) is 5.82 Å². The molecule has 0 saturated carbocycles. The first-order valence-electron chi connectivity index (χ1n) is 10.7. The molecule has 1 aliphatic rings. The monoisotopic (exact) mass is 397 g/mol. The number of hydrogen-bond acceptors (Lipinski definition) is 3. The maximum atomic E-state index is 13.0. The molecule has 1 N–H and O–H groups in total. The molecule has 2 aromatic carbocycles. The van der Waals surface area contributed by atoms with Gasteiger partial charge in [0.05, 0.1) is 0 Å². The molecule has 0 aromatic heterocycles. The van der Waals surface area contributed by atoms with Gasteiger partial charge in [-0.15, -0.1) is 0 Å². The fourth-order valence-electron chi connectivity index (χ4n) is 4.41. The Kier molecular flexibility index (Phi) is 7.20. The van der Waals surface area contributed by atoms with E-state index in [-0.39, 0.29) is 23.6 Å². The van der Waals surface area contributed by atoms with E-state index in [0.717, 1.165) is 38.9 Å². The molecule has 1 saturated heterocycles. The van der Waals surface area contributed by atoms with E-state index >= 15 is 0 Å². The summed E-state index contributed by atoms with van der Waals surface area (Å²) in [6.45, 7) is 7.34. The average Bonchev–Trinajstić information content (AvgIpc) is 3.13. The molecule has 0 amide bonds. The number of aliphatic hydroxyl groups is 1. The Labute approximate surface area is 173 Å². The topological polar surface area (TPSA) is 40.5 Å². The molecule has 1 fully saturated rings. The maximum Gasteiger partial charge on any atom is 0.162 e. The second-order valence-corrected chi connectivity index (χ2v) is 8.59. The number of hydrogen-bond donors (Lipinski definition) is 1. The standard InChI is InChI=1S/C25H32FNO2/c1-19(2)20-5-9-22(10-6-20)25(14-17-28)13-16-27(18-25)15-3-4-24(29)21-7-11-23(26)12-8-21/h5-12,19,28H,3-4,13-18H2,1-2H3. The summed E-state index contributed by atoms with van der Waals surface area (Å²) in [5.41, 5.74) is 3.21. The highest BCUT2D eigenvalue weighted by Crippen LogP contribution is 2.38. The molecule has 0 aliphatic carbocycles. The van der Waals surface area contributed by atoms with Crippen molar-refractivity contribution in [3.8, 4) is 0 Å². The van der Waals surface area contributed by atoms with Crippen molar-refractivity contribution in [2.45, 2.75) is 50.9 Å². The molecule has 1 aliphatic heterocycles. The number of rotatable bonds is 9. The highest BCUT2D eigenvalue weighted by molar-refractivity contribution is 5.95. The Morgan fingerprint density at radius 2 is 1.83 bits per heavy atom. The van der Waals surface area contributed by atoms with Gasteiger partial charge in [0.2, 0.25) is 0 Å². The van der Waals surface area contributed by atoms with Gasteiger partial charge in [0.1, 0.15) is 5.82 Å². The van der Waals surface area contributed by atoms with E-state index < -0.39 is 0 Å². The normalized spacial score (nSPS) is 19.8. The smallest absolute Gasteiger partial charge is 0.162 e. The Morgan fingerprint density at radius 1 is 1.14 bits per heavy atom. The lowest BCUT2D eigenvalue weighted by Crippen LogP contribution is -2.32. The van der Waals surface area contributed by atoms with Gasteiger partial charge in [0.15, 0.2) is 5.78 Å². The summed E-state index contributed by atoms with van der Waals surface area (Å²) < 4.78 is 13.0. The van der Waals surface area contributed by atoms with Crippen molar-refractivity contribution in [1.82, 2.24) is 4.90 Å². The molecule has 3 rings (SSSR count). The van der Waals surface area contributed by atoms with Crippen LogP contribution in [0.5, 0.6) is 0 Å². The van der Waals surface area contributed by atoms with Crippen molar-refractivity contribution in [2.24, 2.45) is 0 Å². The summed E-state index contributed by atoms with van der Waals surface area (Å²) in [5, 5.41) is 9.69. The van der Waals surface area contributed by atoms with Crippen LogP contribution in [0.2, 0.25) is 0 Å². The molecule has 1 unspecified atom stereocenters. The molecule has 1 heterocycles. The van der Waals surface area contributed by atoms with Gasteiger partial charge >= 0.3 is 0 Å². The molecule has 29 heavy (non-hydrogen) atoms. The van der Waals surface area contributed by atoms with Crippen LogP contribution >= 0.6 is 0 Å². The average molecular weight is 398 g/mol. The van der Waals surface area contributed by atoms with Gasteiger partial charge < -0.3 is 10.0 Å². The van der Waals surface area contributed by atoms with Crippen LogP contribution in [0.1, 0.15) is 66.9 Å². The van der Waals surface area contributed by atoms with Gasteiger partial charge in [-0.1, -0.05) is 38.1 Å². The van der Waals surface area contributed by atoms with Gasteiger partial charge in [-0.2, -0.15) is 0 Å². The quantitative estimate of drug-likeness (QED) is 0.610. The zero-order valence-corrected chi connectivity index (χ0v) is 17.5. The molecule has 3 nitrogen and oxygen atoms in total. The third-order valence-electron chi connectivity index (χ3n) is 6.26. The molecule has 156 valence electrons. The van der Waals surface area contributed by atoms with Gasteiger partial charge in [0, 0.05) is 30.6 Å². The highest BCUT2D eigenvalue weighted by atomic mass is 19.1. The van der Waals surface area contributed by atoms with Crippen molar-refractivity contribution in [2.75, 3.05) is 26.2 Å². The fraction of sp³-hybridized carbons (Fsp3) is 0.480. The van der Waals surface area contributed by atoms with Crippen LogP contribution in [0.3, 0.4) is 0 Å². The Morgan fingerprint density at radius 3 is 2.45 bits per heavy atom. The maximum absolute atomic E-state index is 13.0. The first-order chi connectivity index (χ1) is 13.9. The second kappa shape index (κ2) is 9.64. The zero-order chi connectivity index (χ0) is 20.9. The summed E-state index contributed by atoms with van der Waals surface area (Å²) in [4.78, 5) is 14.7. The third kappa shape index (κ3) is 5.31. The predicted octanol–water partition coefficient (Wildman–Crippen LogP) is 4.94.